The highest BCUT2D eigenvalue weighted by molar-refractivity contribution is 5.94. The molecular formula is C15H14F3N3O. The molecule has 0 aliphatic heterocycles. The SMILES string of the molecule is Cc1ccc(-n2nc(C)cc2N/C=C/C(=O)C(F)(F)F)cc1. The highest BCUT2D eigenvalue weighted by Gasteiger charge is 2.36. The molecule has 0 aliphatic carbocycles. The smallest absolute Gasteiger partial charge is 0.346 e. The Kier molecular flexibility index (Phi) is 4.35. The van der Waals surface area contributed by atoms with Gasteiger partial charge in [0.2, 0.25) is 0 Å². The lowest BCUT2D eigenvalue weighted by molar-refractivity contribution is -0.165. The van der Waals surface area contributed by atoms with Crippen molar-refractivity contribution in [3.8, 4) is 5.69 Å². The highest BCUT2D eigenvalue weighted by atomic mass is 19.4. The molecule has 0 radical (unpaired) electrons. The maximum Gasteiger partial charge on any atom is 0.454 e. The molecule has 0 unspecified atom stereocenters. The summed E-state index contributed by atoms with van der Waals surface area (Å²) in [6, 6.07) is 9.16. The Hall–Kier alpha value is -2.57. The van der Waals surface area contributed by atoms with E-state index in [1.807, 2.05) is 31.2 Å². The molecule has 0 saturated heterocycles. The third-order valence-corrected chi connectivity index (χ3v) is 2.86. The van der Waals surface area contributed by atoms with Gasteiger partial charge in [-0.2, -0.15) is 18.3 Å². The van der Waals surface area contributed by atoms with E-state index in [0.717, 1.165) is 17.5 Å². The first-order valence-corrected chi connectivity index (χ1v) is 6.45. The molecular weight excluding hydrogens is 295 g/mol. The second-order valence-electron chi connectivity index (χ2n) is 4.76. The molecule has 2 aromatic rings. The molecule has 116 valence electrons. The standard InChI is InChI=1S/C15H14F3N3O/c1-10-3-5-12(6-4-10)21-14(9-11(2)20-21)19-8-7-13(22)15(16,17)18/h3-9,19H,1-2H3/b8-7+. The van der Waals surface area contributed by atoms with Gasteiger partial charge in [-0.1, -0.05) is 17.7 Å². The summed E-state index contributed by atoms with van der Waals surface area (Å²) in [5, 5.41) is 6.92. The second-order valence-corrected chi connectivity index (χ2v) is 4.76. The van der Waals surface area contributed by atoms with Gasteiger partial charge in [0.15, 0.2) is 0 Å². The van der Waals surface area contributed by atoms with Crippen LogP contribution in [0.1, 0.15) is 11.3 Å². The maximum absolute atomic E-state index is 12.1. The van der Waals surface area contributed by atoms with Gasteiger partial charge in [-0.25, -0.2) is 4.68 Å². The van der Waals surface area contributed by atoms with E-state index in [9.17, 15) is 18.0 Å². The van der Waals surface area contributed by atoms with E-state index in [2.05, 4.69) is 10.4 Å². The van der Waals surface area contributed by atoms with Gasteiger partial charge >= 0.3 is 6.18 Å². The molecule has 0 amide bonds. The fraction of sp³-hybridized carbons (Fsp3) is 0.200. The minimum absolute atomic E-state index is 0.446. The van der Waals surface area contributed by atoms with E-state index in [0.29, 0.717) is 17.6 Å². The third kappa shape index (κ3) is 3.75. The number of hydrogen-bond donors (Lipinski definition) is 1. The molecule has 22 heavy (non-hydrogen) atoms. The third-order valence-electron chi connectivity index (χ3n) is 2.86. The minimum Gasteiger partial charge on any atom is -0.346 e. The number of nitrogens with zero attached hydrogens (tertiary/aromatic N) is 2. The average Bonchev–Trinajstić information content (AvgIpc) is 2.79. The molecule has 1 heterocycles. The molecule has 1 aromatic heterocycles. The fourth-order valence-electron chi connectivity index (χ4n) is 1.78. The number of carbonyl (C=O) groups excluding carboxylic acids is 1. The van der Waals surface area contributed by atoms with E-state index in [-0.39, 0.29) is 0 Å². The number of nitrogens with one attached hydrogen (secondary N) is 1. The number of hydrogen-bond acceptors (Lipinski definition) is 3. The molecule has 1 N–H and O–H groups in total. The molecule has 4 nitrogen and oxygen atoms in total. The second kappa shape index (κ2) is 6.05. The number of ketones is 1. The molecule has 7 heteroatoms. The van der Waals surface area contributed by atoms with Crippen LogP contribution in [-0.2, 0) is 4.79 Å². The van der Waals surface area contributed by atoms with Crippen molar-refractivity contribution >= 4 is 11.6 Å². The summed E-state index contributed by atoms with van der Waals surface area (Å²) in [5.74, 6) is -1.45. The van der Waals surface area contributed by atoms with Crippen LogP contribution in [0.15, 0.2) is 42.6 Å². The molecule has 1 aromatic carbocycles. The number of aromatic nitrogens is 2. The van der Waals surface area contributed by atoms with Gasteiger partial charge in [-0.05, 0) is 26.0 Å². The molecule has 0 fully saturated rings. The normalized spacial score (nSPS) is 11.9. The summed E-state index contributed by atoms with van der Waals surface area (Å²) in [6.45, 7) is 3.71. The van der Waals surface area contributed by atoms with Gasteiger partial charge in [-0.3, -0.25) is 4.79 Å². The van der Waals surface area contributed by atoms with Crippen LogP contribution in [0.3, 0.4) is 0 Å². The zero-order chi connectivity index (χ0) is 16.3. The molecule has 2 rings (SSSR count). The summed E-state index contributed by atoms with van der Waals surface area (Å²) in [4.78, 5) is 10.8. The zero-order valence-electron chi connectivity index (χ0n) is 12.0. The Bertz CT molecular complexity index is 700. The predicted octanol–water partition coefficient (Wildman–Crippen LogP) is 3.55. The molecule has 0 bridgehead atoms. The average molecular weight is 309 g/mol. The van der Waals surface area contributed by atoms with Crippen LogP contribution in [0.25, 0.3) is 5.69 Å². The van der Waals surface area contributed by atoms with Crippen molar-refractivity contribution < 1.29 is 18.0 Å². The Labute approximate surface area is 125 Å². The molecule has 0 atom stereocenters. The Morgan fingerprint density at radius 1 is 1.23 bits per heavy atom. The number of carbonyl (C=O) groups is 1. The first kappa shape index (κ1) is 15.8. The predicted molar refractivity (Wildman–Crippen MR) is 76.9 cm³/mol. The summed E-state index contributed by atoms with van der Waals surface area (Å²) in [7, 11) is 0. The van der Waals surface area contributed by atoms with Gasteiger partial charge < -0.3 is 5.32 Å². The van der Waals surface area contributed by atoms with Crippen molar-refractivity contribution in [2.75, 3.05) is 5.32 Å². The van der Waals surface area contributed by atoms with Crippen LogP contribution in [0, 0.1) is 13.8 Å². The quantitative estimate of drug-likeness (QED) is 0.879. The Morgan fingerprint density at radius 3 is 2.45 bits per heavy atom. The number of halogens is 3. The zero-order valence-corrected chi connectivity index (χ0v) is 12.0. The summed E-state index contributed by atoms with van der Waals surface area (Å²) >= 11 is 0. The van der Waals surface area contributed by atoms with Gasteiger partial charge in [0.1, 0.15) is 5.82 Å². The van der Waals surface area contributed by atoms with Gasteiger partial charge in [-0.15, -0.1) is 0 Å². The fourth-order valence-corrected chi connectivity index (χ4v) is 1.78. The number of aryl methyl sites for hydroxylation is 2. The lowest BCUT2D eigenvalue weighted by Crippen LogP contribution is -2.20. The topological polar surface area (TPSA) is 46.9 Å². The van der Waals surface area contributed by atoms with E-state index < -0.39 is 12.0 Å². The van der Waals surface area contributed by atoms with Crippen molar-refractivity contribution in [1.82, 2.24) is 9.78 Å². The number of allylic oxidation sites excluding steroid dienone is 1. The monoisotopic (exact) mass is 309 g/mol. The van der Waals surface area contributed by atoms with Crippen LogP contribution in [0.5, 0.6) is 0 Å². The van der Waals surface area contributed by atoms with E-state index in [1.165, 1.54) is 0 Å². The summed E-state index contributed by atoms with van der Waals surface area (Å²) in [6.07, 6.45) is -3.47. The number of benzene rings is 1. The van der Waals surface area contributed by atoms with Crippen LogP contribution in [-0.4, -0.2) is 21.7 Å². The van der Waals surface area contributed by atoms with Crippen LogP contribution in [0.4, 0.5) is 19.0 Å². The van der Waals surface area contributed by atoms with Crippen LogP contribution < -0.4 is 5.32 Å². The van der Waals surface area contributed by atoms with Crippen molar-refractivity contribution in [3.05, 3.63) is 53.9 Å². The molecule has 0 aliphatic rings. The van der Waals surface area contributed by atoms with E-state index >= 15 is 0 Å². The van der Waals surface area contributed by atoms with Crippen LogP contribution in [0.2, 0.25) is 0 Å². The number of rotatable bonds is 4. The van der Waals surface area contributed by atoms with Gasteiger partial charge in [0.05, 0.1) is 11.4 Å². The van der Waals surface area contributed by atoms with E-state index in [1.54, 1.807) is 17.7 Å². The van der Waals surface area contributed by atoms with E-state index in [4.69, 9.17) is 0 Å². The first-order chi connectivity index (χ1) is 10.3. The lowest BCUT2D eigenvalue weighted by Gasteiger charge is -2.07. The van der Waals surface area contributed by atoms with Crippen LogP contribution >= 0.6 is 0 Å². The van der Waals surface area contributed by atoms with Crippen molar-refractivity contribution in [1.29, 1.82) is 0 Å². The molecule has 0 saturated carbocycles. The minimum atomic E-state index is -4.87. The maximum atomic E-state index is 12.1. The van der Waals surface area contributed by atoms with Crippen molar-refractivity contribution in [2.24, 2.45) is 0 Å². The highest BCUT2D eigenvalue weighted by Crippen LogP contribution is 2.19. The Balaban J connectivity index is 2.21. The molecule has 0 spiro atoms. The summed E-state index contributed by atoms with van der Waals surface area (Å²) in [5.41, 5.74) is 2.54. The largest absolute Gasteiger partial charge is 0.454 e. The Morgan fingerprint density at radius 2 is 1.86 bits per heavy atom. The van der Waals surface area contributed by atoms with Gasteiger partial charge in [0.25, 0.3) is 5.78 Å². The van der Waals surface area contributed by atoms with Crippen molar-refractivity contribution in [2.45, 2.75) is 20.0 Å². The lowest BCUT2D eigenvalue weighted by atomic mass is 10.2. The van der Waals surface area contributed by atoms with Crippen molar-refractivity contribution in [3.63, 3.8) is 0 Å². The first-order valence-electron chi connectivity index (χ1n) is 6.45. The number of anilines is 1. The van der Waals surface area contributed by atoms with Gasteiger partial charge in [0, 0.05) is 18.3 Å². The number of alkyl halides is 3. The summed E-state index contributed by atoms with van der Waals surface area (Å²) < 4.78 is 37.9.